The SMILES string of the molecule is Cc1cc(C(C)C)n2nc(C)cc2n1. The van der Waals surface area contributed by atoms with E-state index in [0.717, 1.165) is 17.0 Å². The summed E-state index contributed by atoms with van der Waals surface area (Å²) in [5, 5.41) is 4.43. The van der Waals surface area contributed by atoms with Crippen molar-refractivity contribution < 1.29 is 0 Å². The van der Waals surface area contributed by atoms with Crippen LogP contribution in [0.3, 0.4) is 0 Å². The Bertz CT molecular complexity index is 469. The molecule has 14 heavy (non-hydrogen) atoms. The van der Waals surface area contributed by atoms with E-state index < -0.39 is 0 Å². The second-order valence-corrected chi connectivity index (χ2v) is 4.03. The Kier molecular flexibility index (Phi) is 2.02. The van der Waals surface area contributed by atoms with Gasteiger partial charge in [0.05, 0.1) is 5.69 Å². The highest BCUT2D eigenvalue weighted by atomic mass is 15.3. The van der Waals surface area contributed by atoms with Crippen LogP contribution >= 0.6 is 0 Å². The maximum absolute atomic E-state index is 4.44. The molecule has 0 aliphatic carbocycles. The van der Waals surface area contributed by atoms with Gasteiger partial charge in [-0.25, -0.2) is 9.50 Å². The van der Waals surface area contributed by atoms with Crippen LogP contribution in [0.2, 0.25) is 0 Å². The molecule has 0 spiro atoms. The van der Waals surface area contributed by atoms with Gasteiger partial charge in [0.15, 0.2) is 5.65 Å². The maximum atomic E-state index is 4.44. The highest BCUT2D eigenvalue weighted by Crippen LogP contribution is 2.16. The smallest absolute Gasteiger partial charge is 0.155 e. The zero-order valence-electron chi connectivity index (χ0n) is 9.07. The first-order valence-electron chi connectivity index (χ1n) is 4.92. The van der Waals surface area contributed by atoms with Crippen molar-refractivity contribution in [2.24, 2.45) is 0 Å². The second-order valence-electron chi connectivity index (χ2n) is 4.03. The van der Waals surface area contributed by atoms with Gasteiger partial charge in [0, 0.05) is 17.5 Å². The lowest BCUT2D eigenvalue weighted by Gasteiger charge is -2.08. The summed E-state index contributed by atoms with van der Waals surface area (Å²) in [5.74, 6) is 0.471. The molecule has 0 aliphatic heterocycles. The standard InChI is InChI=1S/C11H15N3/c1-7(2)10-5-8(3)12-11-6-9(4)13-14(10)11/h5-7H,1-4H3. The first-order valence-corrected chi connectivity index (χ1v) is 4.92. The largest absolute Gasteiger partial charge is 0.234 e. The molecule has 0 aliphatic rings. The Hall–Kier alpha value is -1.38. The maximum Gasteiger partial charge on any atom is 0.155 e. The molecule has 0 atom stereocenters. The number of rotatable bonds is 1. The van der Waals surface area contributed by atoms with E-state index in [1.807, 2.05) is 24.4 Å². The summed E-state index contributed by atoms with van der Waals surface area (Å²) in [5.41, 5.74) is 4.25. The van der Waals surface area contributed by atoms with Gasteiger partial charge in [-0.3, -0.25) is 0 Å². The lowest BCUT2D eigenvalue weighted by molar-refractivity contribution is 0.741. The van der Waals surface area contributed by atoms with Crippen LogP contribution in [0.15, 0.2) is 12.1 Å². The first kappa shape index (κ1) is 9.19. The second kappa shape index (κ2) is 3.08. The predicted octanol–water partition coefficient (Wildman–Crippen LogP) is 2.47. The number of hydrogen-bond acceptors (Lipinski definition) is 2. The van der Waals surface area contributed by atoms with Crippen LogP contribution in [0.25, 0.3) is 5.65 Å². The highest BCUT2D eigenvalue weighted by molar-refractivity contribution is 5.41. The van der Waals surface area contributed by atoms with E-state index in [2.05, 4.69) is 30.0 Å². The molecule has 74 valence electrons. The Morgan fingerprint density at radius 1 is 1.14 bits per heavy atom. The Morgan fingerprint density at radius 2 is 1.86 bits per heavy atom. The number of nitrogens with zero attached hydrogens (tertiary/aromatic N) is 3. The molecule has 2 rings (SSSR count). The molecule has 0 saturated heterocycles. The van der Waals surface area contributed by atoms with Crippen LogP contribution < -0.4 is 0 Å². The van der Waals surface area contributed by atoms with Gasteiger partial charge >= 0.3 is 0 Å². The molecule has 0 bridgehead atoms. The van der Waals surface area contributed by atoms with Crippen molar-refractivity contribution in [1.29, 1.82) is 0 Å². The molecule has 0 fully saturated rings. The van der Waals surface area contributed by atoms with E-state index in [-0.39, 0.29) is 0 Å². The third kappa shape index (κ3) is 1.39. The van der Waals surface area contributed by atoms with Crippen LogP contribution in [0.5, 0.6) is 0 Å². The lowest BCUT2D eigenvalue weighted by atomic mass is 10.1. The molecule has 0 saturated carbocycles. The predicted molar refractivity (Wildman–Crippen MR) is 56.6 cm³/mol. The average molecular weight is 189 g/mol. The summed E-state index contributed by atoms with van der Waals surface area (Å²) in [6.07, 6.45) is 0. The normalized spacial score (nSPS) is 11.5. The van der Waals surface area contributed by atoms with Gasteiger partial charge in [0.25, 0.3) is 0 Å². The minimum atomic E-state index is 0.471. The topological polar surface area (TPSA) is 30.2 Å². The Balaban J connectivity index is 2.79. The Morgan fingerprint density at radius 3 is 2.50 bits per heavy atom. The molecule has 0 aromatic carbocycles. The first-order chi connectivity index (χ1) is 6.58. The minimum Gasteiger partial charge on any atom is -0.234 e. The van der Waals surface area contributed by atoms with E-state index in [0.29, 0.717) is 5.92 Å². The number of fused-ring (bicyclic) bond motifs is 1. The van der Waals surface area contributed by atoms with Gasteiger partial charge < -0.3 is 0 Å². The zero-order chi connectivity index (χ0) is 10.3. The molecule has 3 heteroatoms. The summed E-state index contributed by atoms with van der Waals surface area (Å²) < 4.78 is 1.94. The third-order valence-electron chi connectivity index (χ3n) is 2.30. The average Bonchev–Trinajstić information content (AvgIpc) is 2.42. The van der Waals surface area contributed by atoms with Crippen molar-refractivity contribution in [2.75, 3.05) is 0 Å². The van der Waals surface area contributed by atoms with Crippen molar-refractivity contribution in [3.63, 3.8) is 0 Å². The Labute approximate surface area is 83.8 Å². The van der Waals surface area contributed by atoms with E-state index >= 15 is 0 Å². The fourth-order valence-electron chi connectivity index (χ4n) is 1.65. The van der Waals surface area contributed by atoms with E-state index in [4.69, 9.17) is 0 Å². The van der Waals surface area contributed by atoms with Gasteiger partial charge in [0.2, 0.25) is 0 Å². The molecular formula is C11H15N3. The molecule has 2 heterocycles. The molecular weight excluding hydrogens is 174 g/mol. The molecule has 0 unspecified atom stereocenters. The van der Waals surface area contributed by atoms with E-state index in [1.165, 1.54) is 5.69 Å². The van der Waals surface area contributed by atoms with Crippen LogP contribution in [-0.4, -0.2) is 14.6 Å². The van der Waals surface area contributed by atoms with Gasteiger partial charge in [0.1, 0.15) is 0 Å². The molecule has 2 aromatic heterocycles. The summed E-state index contributed by atoms with van der Waals surface area (Å²) in [6.45, 7) is 8.36. The van der Waals surface area contributed by atoms with Crippen LogP contribution in [0, 0.1) is 13.8 Å². The van der Waals surface area contributed by atoms with Crippen LogP contribution in [-0.2, 0) is 0 Å². The van der Waals surface area contributed by atoms with Crippen molar-refractivity contribution >= 4 is 5.65 Å². The molecule has 3 nitrogen and oxygen atoms in total. The fourth-order valence-corrected chi connectivity index (χ4v) is 1.65. The molecule has 0 radical (unpaired) electrons. The van der Waals surface area contributed by atoms with E-state index in [9.17, 15) is 0 Å². The number of aromatic nitrogens is 3. The number of hydrogen-bond donors (Lipinski definition) is 0. The highest BCUT2D eigenvalue weighted by Gasteiger charge is 2.08. The van der Waals surface area contributed by atoms with Crippen LogP contribution in [0.1, 0.15) is 36.8 Å². The minimum absolute atomic E-state index is 0.471. The van der Waals surface area contributed by atoms with Gasteiger partial charge in [-0.15, -0.1) is 0 Å². The molecule has 0 amide bonds. The van der Waals surface area contributed by atoms with E-state index in [1.54, 1.807) is 0 Å². The van der Waals surface area contributed by atoms with Crippen LogP contribution in [0.4, 0.5) is 0 Å². The lowest BCUT2D eigenvalue weighted by Crippen LogP contribution is -2.03. The van der Waals surface area contributed by atoms with Crippen molar-refractivity contribution in [2.45, 2.75) is 33.6 Å². The van der Waals surface area contributed by atoms with Gasteiger partial charge in [-0.2, -0.15) is 5.10 Å². The summed E-state index contributed by atoms with van der Waals surface area (Å²) in [7, 11) is 0. The van der Waals surface area contributed by atoms with Crippen molar-refractivity contribution in [3.8, 4) is 0 Å². The number of aryl methyl sites for hydroxylation is 2. The quantitative estimate of drug-likeness (QED) is 0.689. The zero-order valence-corrected chi connectivity index (χ0v) is 9.07. The van der Waals surface area contributed by atoms with Crippen molar-refractivity contribution in [3.05, 3.63) is 29.2 Å². The molecule has 2 aromatic rings. The monoisotopic (exact) mass is 189 g/mol. The fraction of sp³-hybridized carbons (Fsp3) is 0.455. The summed E-state index contributed by atoms with van der Waals surface area (Å²) in [6, 6.07) is 4.11. The third-order valence-corrected chi connectivity index (χ3v) is 2.30. The molecule has 0 N–H and O–H groups in total. The van der Waals surface area contributed by atoms with Gasteiger partial charge in [-0.05, 0) is 25.8 Å². The summed E-state index contributed by atoms with van der Waals surface area (Å²) in [4.78, 5) is 4.44. The summed E-state index contributed by atoms with van der Waals surface area (Å²) >= 11 is 0. The van der Waals surface area contributed by atoms with Gasteiger partial charge in [-0.1, -0.05) is 13.8 Å². The van der Waals surface area contributed by atoms with Crippen molar-refractivity contribution in [1.82, 2.24) is 14.6 Å².